The summed E-state index contributed by atoms with van der Waals surface area (Å²) in [5.74, 6) is -0.901. The highest BCUT2D eigenvalue weighted by Crippen LogP contribution is 2.14. The summed E-state index contributed by atoms with van der Waals surface area (Å²) in [7, 11) is 0. The van der Waals surface area contributed by atoms with E-state index in [1.54, 1.807) is 0 Å². The molecule has 0 amide bonds. The summed E-state index contributed by atoms with van der Waals surface area (Å²) in [6.45, 7) is 6.59. The number of ether oxygens (including phenoxy) is 3. The smallest absolute Gasteiger partial charge is 0.306 e. The van der Waals surface area contributed by atoms with Gasteiger partial charge in [0, 0.05) is 19.3 Å². The predicted octanol–water partition coefficient (Wildman–Crippen LogP) is 17.9. The van der Waals surface area contributed by atoms with Crippen molar-refractivity contribution in [3.05, 3.63) is 48.6 Å². The standard InChI is InChI=1S/C57H102O6/c1-4-7-10-13-16-19-22-25-27-28-30-32-35-38-41-44-47-50-56(59)62-53-54(52-61-55(58)49-46-43-40-37-34-31-24-21-18-15-12-9-6-3)63-57(60)51-48-45-42-39-36-33-29-26-23-20-17-14-11-8-5-2/h17,20-21,24-27,29,54H,4-16,18-19,22-23,28,30-53H2,1-3H3/t54-/m1/s1. The van der Waals surface area contributed by atoms with E-state index in [1.165, 1.54) is 148 Å². The zero-order valence-corrected chi connectivity index (χ0v) is 41.8. The third-order valence-corrected chi connectivity index (χ3v) is 11.8. The van der Waals surface area contributed by atoms with E-state index in [4.69, 9.17) is 14.2 Å². The van der Waals surface area contributed by atoms with E-state index >= 15 is 0 Å². The van der Waals surface area contributed by atoms with Crippen LogP contribution in [0.5, 0.6) is 0 Å². The monoisotopic (exact) mass is 883 g/mol. The number of carbonyl (C=O) groups excluding carboxylic acids is 3. The third-order valence-electron chi connectivity index (χ3n) is 11.8. The molecule has 0 aromatic carbocycles. The highest BCUT2D eigenvalue weighted by atomic mass is 16.6. The van der Waals surface area contributed by atoms with Crippen LogP contribution in [0.4, 0.5) is 0 Å². The maximum Gasteiger partial charge on any atom is 0.306 e. The largest absolute Gasteiger partial charge is 0.462 e. The highest BCUT2D eigenvalue weighted by molar-refractivity contribution is 5.71. The highest BCUT2D eigenvalue weighted by Gasteiger charge is 2.19. The summed E-state index contributed by atoms with van der Waals surface area (Å²) in [5.41, 5.74) is 0. The van der Waals surface area contributed by atoms with Gasteiger partial charge in [-0.05, 0) is 103 Å². The van der Waals surface area contributed by atoms with Crippen molar-refractivity contribution in [3.63, 3.8) is 0 Å². The lowest BCUT2D eigenvalue weighted by Crippen LogP contribution is -2.30. The number of allylic oxidation sites excluding steroid dienone is 8. The fourth-order valence-corrected chi connectivity index (χ4v) is 7.64. The zero-order valence-electron chi connectivity index (χ0n) is 41.8. The minimum Gasteiger partial charge on any atom is -0.462 e. The molecule has 0 saturated carbocycles. The van der Waals surface area contributed by atoms with Crippen LogP contribution in [0.1, 0.15) is 278 Å². The van der Waals surface area contributed by atoms with Crippen LogP contribution in [0.3, 0.4) is 0 Å². The van der Waals surface area contributed by atoms with Gasteiger partial charge in [0.25, 0.3) is 0 Å². The molecular formula is C57H102O6. The van der Waals surface area contributed by atoms with Crippen LogP contribution in [0.25, 0.3) is 0 Å². The SMILES string of the molecule is CCCCCC=CCC=CCCCCCCCC(=O)O[C@H](COC(=O)CCCCCCCC=CCCCCCC)COC(=O)CCCCCCCCCC=CCCCCCCCC. The second-order valence-corrected chi connectivity index (χ2v) is 18.1. The number of carbonyl (C=O) groups is 3. The Morgan fingerprint density at radius 3 is 0.937 bits per heavy atom. The predicted molar refractivity (Wildman–Crippen MR) is 270 cm³/mol. The van der Waals surface area contributed by atoms with Gasteiger partial charge in [-0.15, -0.1) is 0 Å². The molecule has 1 atom stereocenters. The molecule has 0 fully saturated rings. The molecular weight excluding hydrogens is 781 g/mol. The van der Waals surface area contributed by atoms with Crippen LogP contribution in [0, 0.1) is 0 Å². The van der Waals surface area contributed by atoms with Crippen molar-refractivity contribution in [2.75, 3.05) is 13.2 Å². The number of unbranched alkanes of at least 4 members (excludes halogenated alkanes) is 30. The third kappa shape index (κ3) is 50.2. The van der Waals surface area contributed by atoms with Gasteiger partial charge < -0.3 is 14.2 Å². The van der Waals surface area contributed by atoms with E-state index in [9.17, 15) is 14.4 Å². The molecule has 0 bridgehead atoms. The molecule has 0 aromatic heterocycles. The molecule has 0 unspecified atom stereocenters. The minimum atomic E-state index is -0.784. The van der Waals surface area contributed by atoms with E-state index in [2.05, 4.69) is 69.4 Å². The van der Waals surface area contributed by atoms with Crippen molar-refractivity contribution < 1.29 is 28.6 Å². The molecule has 0 heterocycles. The van der Waals surface area contributed by atoms with Gasteiger partial charge in [-0.3, -0.25) is 14.4 Å². The Labute approximate surface area is 390 Å². The molecule has 0 N–H and O–H groups in total. The molecule has 366 valence electrons. The fraction of sp³-hybridized carbons (Fsp3) is 0.807. The normalized spacial score (nSPS) is 12.4. The Morgan fingerprint density at radius 2 is 0.571 bits per heavy atom. The first kappa shape index (κ1) is 60.4. The quantitative estimate of drug-likeness (QED) is 0.0262. The summed E-state index contributed by atoms with van der Waals surface area (Å²) in [6, 6.07) is 0. The van der Waals surface area contributed by atoms with Crippen molar-refractivity contribution in [3.8, 4) is 0 Å². The Balaban J connectivity index is 4.39. The maximum atomic E-state index is 12.8. The molecule has 0 rings (SSSR count). The number of hydrogen-bond acceptors (Lipinski definition) is 6. The first-order valence-electron chi connectivity index (χ1n) is 27.1. The molecule has 63 heavy (non-hydrogen) atoms. The van der Waals surface area contributed by atoms with Gasteiger partial charge in [-0.2, -0.15) is 0 Å². The molecule has 6 heteroatoms. The van der Waals surface area contributed by atoms with Crippen LogP contribution in [-0.2, 0) is 28.6 Å². The number of esters is 3. The van der Waals surface area contributed by atoms with Crippen molar-refractivity contribution in [1.29, 1.82) is 0 Å². The lowest BCUT2D eigenvalue weighted by molar-refractivity contribution is -0.167. The average molecular weight is 883 g/mol. The van der Waals surface area contributed by atoms with Gasteiger partial charge in [0.15, 0.2) is 6.10 Å². The van der Waals surface area contributed by atoms with Crippen molar-refractivity contribution >= 4 is 17.9 Å². The van der Waals surface area contributed by atoms with Gasteiger partial charge in [-0.1, -0.05) is 204 Å². The molecule has 6 nitrogen and oxygen atoms in total. The Kier molecular flexibility index (Phi) is 49.8. The van der Waals surface area contributed by atoms with E-state index < -0.39 is 6.10 Å². The average Bonchev–Trinajstić information content (AvgIpc) is 3.28. The van der Waals surface area contributed by atoms with Gasteiger partial charge >= 0.3 is 17.9 Å². The maximum absolute atomic E-state index is 12.8. The second-order valence-electron chi connectivity index (χ2n) is 18.1. The summed E-state index contributed by atoms with van der Waals surface area (Å²) in [6.07, 6.45) is 62.3. The molecule has 0 aliphatic heterocycles. The van der Waals surface area contributed by atoms with Crippen molar-refractivity contribution in [2.45, 2.75) is 284 Å². The van der Waals surface area contributed by atoms with Crippen LogP contribution < -0.4 is 0 Å². The van der Waals surface area contributed by atoms with E-state index in [-0.39, 0.29) is 31.1 Å². The zero-order chi connectivity index (χ0) is 45.8. The topological polar surface area (TPSA) is 78.9 Å². The van der Waals surface area contributed by atoms with Gasteiger partial charge in [0.05, 0.1) is 0 Å². The fourth-order valence-electron chi connectivity index (χ4n) is 7.64. The molecule has 0 saturated heterocycles. The lowest BCUT2D eigenvalue weighted by atomic mass is 10.1. The Bertz CT molecular complexity index is 1110. The molecule has 0 radical (unpaired) electrons. The molecule has 0 aliphatic carbocycles. The van der Waals surface area contributed by atoms with E-state index in [0.29, 0.717) is 19.3 Å². The molecule has 0 spiro atoms. The summed E-state index contributed by atoms with van der Waals surface area (Å²) in [4.78, 5) is 38.0. The van der Waals surface area contributed by atoms with Crippen LogP contribution in [0.15, 0.2) is 48.6 Å². The van der Waals surface area contributed by atoms with Gasteiger partial charge in [0.1, 0.15) is 13.2 Å². The number of rotatable bonds is 49. The van der Waals surface area contributed by atoms with Crippen molar-refractivity contribution in [2.24, 2.45) is 0 Å². The summed E-state index contributed by atoms with van der Waals surface area (Å²) in [5, 5.41) is 0. The second kappa shape index (κ2) is 52.0. The van der Waals surface area contributed by atoms with Gasteiger partial charge in [-0.25, -0.2) is 0 Å². The minimum absolute atomic E-state index is 0.0827. The first-order valence-corrected chi connectivity index (χ1v) is 27.1. The summed E-state index contributed by atoms with van der Waals surface area (Å²) < 4.78 is 16.8. The lowest BCUT2D eigenvalue weighted by Gasteiger charge is -2.18. The summed E-state index contributed by atoms with van der Waals surface area (Å²) >= 11 is 0. The number of hydrogen-bond donors (Lipinski definition) is 0. The van der Waals surface area contributed by atoms with E-state index in [0.717, 1.165) is 89.9 Å². The Hall–Kier alpha value is -2.63. The molecule has 0 aliphatic rings. The van der Waals surface area contributed by atoms with Crippen LogP contribution >= 0.6 is 0 Å². The van der Waals surface area contributed by atoms with Crippen LogP contribution in [-0.4, -0.2) is 37.2 Å². The Morgan fingerprint density at radius 1 is 0.317 bits per heavy atom. The molecule has 0 aromatic rings. The van der Waals surface area contributed by atoms with Gasteiger partial charge in [0.2, 0.25) is 0 Å². The van der Waals surface area contributed by atoms with Crippen molar-refractivity contribution in [1.82, 2.24) is 0 Å². The van der Waals surface area contributed by atoms with Crippen LogP contribution in [0.2, 0.25) is 0 Å². The van der Waals surface area contributed by atoms with E-state index in [1.807, 2.05) is 0 Å². The first-order chi connectivity index (χ1) is 31.0.